The molecular weight excluding hydrogens is 278 g/mol. The third-order valence-electron chi connectivity index (χ3n) is 3.65. The van der Waals surface area contributed by atoms with Crippen molar-refractivity contribution in [2.24, 2.45) is 5.92 Å². The molecule has 19 heavy (non-hydrogen) atoms. The summed E-state index contributed by atoms with van der Waals surface area (Å²) in [5, 5.41) is 7.57. The summed E-state index contributed by atoms with van der Waals surface area (Å²) in [6.07, 6.45) is 5.39. The number of nitrogens with two attached hydrogens (primary N) is 1. The van der Waals surface area contributed by atoms with Gasteiger partial charge in [-0.2, -0.15) is 0 Å². The van der Waals surface area contributed by atoms with Gasteiger partial charge in [0.25, 0.3) is 5.91 Å². The molecule has 0 saturated heterocycles. The van der Waals surface area contributed by atoms with Gasteiger partial charge in [0.2, 0.25) is 0 Å². The number of nitrogens with one attached hydrogen (secondary N) is 2. The number of nitrogen functional groups attached to an aromatic ring is 1. The van der Waals surface area contributed by atoms with Gasteiger partial charge in [-0.05, 0) is 31.4 Å². The van der Waals surface area contributed by atoms with E-state index in [1.54, 1.807) is 11.8 Å². The standard InChI is InChI=1S/C13H19N3OS2/c1-6-5-8(6)16-13-11(18-2)9(14)10(19-13)12(17)15-7-3-4-7/h6-8,16H,3-5,14H2,1-2H3,(H,15,17). The Bertz CT molecular complexity index is 510. The van der Waals surface area contributed by atoms with Gasteiger partial charge in [-0.15, -0.1) is 23.1 Å². The highest BCUT2D eigenvalue weighted by atomic mass is 32.2. The lowest BCUT2D eigenvalue weighted by Crippen LogP contribution is -2.25. The highest BCUT2D eigenvalue weighted by Gasteiger charge is 2.34. The molecule has 0 aromatic carbocycles. The summed E-state index contributed by atoms with van der Waals surface area (Å²) in [5.41, 5.74) is 6.76. The maximum Gasteiger partial charge on any atom is 0.263 e. The zero-order valence-electron chi connectivity index (χ0n) is 11.2. The fourth-order valence-electron chi connectivity index (χ4n) is 2.07. The molecule has 0 radical (unpaired) electrons. The molecule has 0 bridgehead atoms. The largest absolute Gasteiger partial charge is 0.396 e. The third-order valence-corrected chi connectivity index (χ3v) is 5.75. The van der Waals surface area contributed by atoms with E-state index in [9.17, 15) is 4.79 Å². The summed E-state index contributed by atoms with van der Waals surface area (Å²) in [6.45, 7) is 2.23. The van der Waals surface area contributed by atoms with Crippen molar-refractivity contribution >= 4 is 39.7 Å². The average molecular weight is 297 g/mol. The Balaban J connectivity index is 1.80. The smallest absolute Gasteiger partial charge is 0.263 e. The van der Waals surface area contributed by atoms with Crippen molar-refractivity contribution in [1.29, 1.82) is 0 Å². The van der Waals surface area contributed by atoms with E-state index in [0.717, 1.165) is 28.7 Å². The monoisotopic (exact) mass is 297 g/mol. The van der Waals surface area contributed by atoms with Crippen molar-refractivity contribution < 1.29 is 4.79 Å². The van der Waals surface area contributed by atoms with Crippen LogP contribution in [0.5, 0.6) is 0 Å². The third kappa shape index (κ3) is 2.69. The predicted octanol–water partition coefficient (Wildman–Crippen LogP) is 2.76. The van der Waals surface area contributed by atoms with Crippen molar-refractivity contribution in [2.75, 3.05) is 17.3 Å². The lowest BCUT2D eigenvalue weighted by molar-refractivity contribution is 0.0956. The summed E-state index contributed by atoms with van der Waals surface area (Å²) in [5.74, 6) is 0.707. The lowest BCUT2D eigenvalue weighted by atomic mass is 10.3. The van der Waals surface area contributed by atoms with Crippen molar-refractivity contribution in [3.05, 3.63) is 4.88 Å². The summed E-state index contributed by atoms with van der Waals surface area (Å²) in [4.78, 5) is 13.8. The van der Waals surface area contributed by atoms with Gasteiger partial charge in [0.05, 0.1) is 10.6 Å². The van der Waals surface area contributed by atoms with E-state index in [2.05, 4.69) is 17.6 Å². The van der Waals surface area contributed by atoms with E-state index >= 15 is 0 Å². The number of carbonyl (C=O) groups excluding carboxylic acids is 1. The van der Waals surface area contributed by atoms with Gasteiger partial charge in [-0.1, -0.05) is 6.92 Å². The van der Waals surface area contributed by atoms with Crippen LogP contribution >= 0.6 is 23.1 Å². The van der Waals surface area contributed by atoms with Crippen LogP contribution in [0.3, 0.4) is 0 Å². The van der Waals surface area contributed by atoms with Gasteiger partial charge in [-0.25, -0.2) is 0 Å². The topological polar surface area (TPSA) is 67.2 Å². The fraction of sp³-hybridized carbons (Fsp3) is 0.615. The molecule has 4 N–H and O–H groups in total. The van der Waals surface area contributed by atoms with Crippen molar-refractivity contribution in [1.82, 2.24) is 5.32 Å². The van der Waals surface area contributed by atoms with Crippen molar-refractivity contribution in [2.45, 2.75) is 43.2 Å². The number of thioether (sulfide) groups is 1. The SMILES string of the molecule is CSc1c(NC2CC2C)sc(C(=O)NC2CC2)c1N. The van der Waals surface area contributed by atoms with Gasteiger partial charge in [0.15, 0.2) is 0 Å². The minimum atomic E-state index is -0.0165. The number of carbonyl (C=O) groups is 1. The first kappa shape index (κ1) is 13.1. The van der Waals surface area contributed by atoms with Gasteiger partial charge in [0.1, 0.15) is 9.88 Å². The number of hydrogen-bond acceptors (Lipinski definition) is 5. The predicted molar refractivity (Wildman–Crippen MR) is 82.2 cm³/mol. The normalized spacial score (nSPS) is 25.2. The first-order valence-electron chi connectivity index (χ1n) is 6.63. The molecule has 3 rings (SSSR count). The minimum Gasteiger partial charge on any atom is -0.396 e. The van der Waals surface area contributed by atoms with E-state index in [1.807, 2.05) is 6.26 Å². The second kappa shape index (κ2) is 4.90. The molecular formula is C13H19N3OS2. The number of thiophene rings is 1. The summed E-state index contributed by atoms with van der Waals surface area (Å²) >= 11 is 3.10. The Morgan fingerprint density at radius 3 is 2.68 bits per heavy atom. The minimum absolute atomic E-state index is 0.0165. The van der Waals surface area contributed by atoms with E-state index in [1.165, 1.54) is 17.8 Å². The molecule has 104 valence electrons. The molecule has 2 saturated carbocycles. The molecule has 1 aromatic heterocycles. The molecule has 1 aromatic rings. The van der Waals surface area contributed by atoms with Gasteiger partial charge >= 0.3 is 0 Å². The molecule has 2 aliphatic carbocycles. The van der Waals surface area contributed by atoms with Crippen molar-refractivity contribution in [3.63, 3.8) is 0 Å². The van der Waals surface area contributed by atoms with E-state index in [4.69, 9.17) is 5.73 Å². The zero-order chi connectivity index (χ0) is 13.6. The van der Waals surface area contributed by atoms with E-state index in [0.29, 0.717) is 22.6 Å². The fourth-order valence-corrected chi connectivity index (χ4v) is 4.05. The van der Waals surface area contributed by atoms with Crippen molar-refractivity contribution in [3.8, 4) is 0 Å². The first-order chi connectivity index (χ1) is 9.10. The van der Waals surface area contributed by atoms with E-state index in [-0.39, 0.29) is 5.91 Å². The maximum atomic E-state index is 12.1. The van der Waals surface area contributed by atoms with Crippen LogP contribution in [-0.4, -0.2) is 24.2 Å². The lowest BCUT2D eigenvalue weighted by Gasteiger charge is -2.04. The molecule has 2 aliphatic rings. The number of hydrogen-bond donors (Lipinski definition) is 3. The Hall–Kier alpha value is -0.880. The highest BCUT2D eigenvalue weighted by molar-refractivity contribution is 7.99. The summed E-state index contributed by atoms with van der Waals surface area (Å²) in [6, 6.07) is 0.912. The molecule has 6 heteroatoms. The first-order valence-corrected chi connectivity index (χ1v) is 8.68. The van der Waals surface area contributed by atoms with Crippen LogP contribution in [0.4, 0.5) is 10.7 Å². The second-order valence-corrected chi connectivity index (χ2v) is 7.26. The highest BCUT2D eigenvalue weighted by Crippen LogP contribution is 2.44. The van der Waals surface area contributed by atoms with Crippen LogP contribution < -0.4 is 16.4 Å². The van der Waals surface area contributed by atoms with Crippen LogP contribution in [0.1, 0.15) is 35.9 Å². The molecule has 1 amide bonds. The molecule has 2 unspecified atom stereocenters. The van der Waals surface area contributed by atoms with Gasteiger partial charge < -0.3 is 16.4 Å². The molecule has 0 spiro atoms. The van der Waals surface area contributed by atoms with Gasteiger partial charge in [0, 0.05) is 12.1 Å². The zero-order valence-corrected chi connectivity index (χ0v) is 12.8. The Morgan fingerprint density at radius 2 is 2.16 bits per heavy atom. The quantitative estimate of drug-likeness (QED) is 0.731. The van der Waals surface area contributed by atoms with Crippen LogP contribution in [-0.2, 0) is 0 Å². The summed E-state index contributed by atoms with van der Waals surface area (Å²) < 4.78 is 0. The second-order valence-electron chi connectivity index (χ2n) is 5.42. The van der Waals surface area contributed by atoms with Crippen LogP contribution in [0.25, 0.3) is 0 Å². The molecule has 0 aliphatic heterocycles. The molecule has 4 nitrogen and oxygen atoms in total. The number of rotatable bonds is 5. The number of amides is 1. The van der Waals surface area contributed by atoms with Gasteiger partial charge in [-0.3, -0.25) is 4.79 Å². The van der Waals surface area contributed by atoms with Crippen LogP contribution in [0.15, 0.2) is 4.90 Å². The Morgan fingerprint density at radius 1 is 1.47 bits per heavy atom. The molecule has 1 heterocycles. The maximum absolute atomic E-state index is 12.1. The van der Waals surface area contributed by atoms with Crippen LogP contribution in [0, 0.1) is 5.92 Å². The summed E-state index contributed by atoms with van der Waals surface area (Å²) in [7, 11) is 0. The molecule has 2 fully saturated rings. The Kier molecular flexibility index (Phi) is 3.39. The molecule has 2 atom stereocenters. The van der Waals surface area contributed by atoms with E-state index < -0.39 is 0 Å². The van der Waals surface area contributed by atoms with Crippen LogP contribution in [0.2, 0.25) is 0 Å². The number of anilines is 2. The average Bonchev–Trinajstić information content (AvgIpc) is 3.26. The Labute approximate surface area is 121 Å².